The maximum absolute atomic E-state index is 12.7. The third kappa shape index (κ3) is 3.04. The summed E-state index contributed by atoms with van der Waals surface area (Å²) < 4.78 is 3.78. The number of rotatable bonds is 5. The summed E-state index contributed by atoms with van der Waals surface area (Å²) in [5.41, 5.74) is 1.42. The molecule has 3 aromatic rings. The van der Waals surface area contributed by atoms with Crippen LogP contribution in [-0.2, 0) is 6.54 Å². The maximum atomic E-state index is 12.7. The summed E-state index contributed by atoms with van der Waals surface area (Å²) in [7, 11) is 0. The van der Waals surface area contributed by atoms with Crippen LogP contribution in [0, 0.1) is 0 Å². The molecular weight excluding hydrogens is 298 g/mol. The van der Waals surface area contributed by atoms with Crippen molar-refractivity contribution in [2.75, 3.05) is 0 Å². The molecule has 1 N–H and O–H groups in total. The van der Waals surface area contributed by atoms with Crippen molar-refractivity contribution in [3.05, 3.63) is 65.2 Å². The minimum atomic E-state index is -0.151. The molecule has 0 spiro atoms. The van der Waals surface area contributed by atoms with Gasteiger partial charge in [0.25, 0.3) is 5.91 Å². The van der Waals surface area contributed by atoms with Gasteiger partial charge in [-0.05, 0) is 24.0 Å². The molecule has 22 heavy (non-hydrogen) atoms. The highest BCUT2D eigenvalue weighted by molar-refractivity contribution is 7.03. The third-order valence-corrected chi connectivity index (χ3v) is 3.97. The zero-order valence-corrected chi connectivity index (χ0v) is 12.8. The molecule has 1 aromatic carbocycles. The minimum Gasteiger partial charge on any atom is -0.347 e. The van der Waals surface area contributed by atoms with E-state index < -0.39 is 0 Å². The van der Waals surface area contributed by atoms with Crippen LogP contribution < -0.4 is 0 Å². The van der Waals surface area contributed by atoms with Gasteiger partial charge in [-0.2, -0.15) is 0 Å². The second-order valence-electron chi connectivity index (χ2n) is 4.85. The molecule has 0 saturated heterocycles. The average Bonchev–Trinajstić information content (AvgIpc) is 3.25. The largest absolute Gasteiger partial charge is 0.347 e. The quantitative estimate of drug-likeness (QED) is 0.786. The summed E-state index contributed by atoms with van der Waals surface area (Å²) in [6.45, 7) is 2.38. The lowest BCUT2D eigenvalue weighted by Gasteiger charge is -2.28. The highest BCUT2D eigenvalue weighted by Crippen LogP contribution is 2.23. The van der Waals surface area contributed by atoms with Crippen molar-refractivity contribution >= 4 is 17.4 Å². The number of nitrogens with zero attached hydrogens (tertiary/aromatic N) is 4. The number of imidazole rings is 1. The predicted octanol–water partition coefficient (Wildman–Crippen LogP) is 2.66. The molecule has 0 aliphatic carbocycles. The number of carbonyl (C=O) groups excluding carboxylic acids is 1. The maximum Gasteiger partial charge on any atom is 0.276 e. The van der Waals surface area contributed by atoms with Crippen molar-refractivity contribution < 1.29 is 4.79 Å². The van der Waals surface area contributed by atoms with Gasteiger partial charge >= 0.3 is 0 Å². The van der Waals surface area contributed by atoms with Gasteiger partial charge in [0.05, 0.1) is 12.6 Å². The molecular formula is C15H15N5OS. The first-order chi connectivity index (χ1) is 10.8. The monoisotopic (exact) mass is 313 g/mol. The lowest BCUT2D eigenvalue weighted by atomic mass is 10.1. The van der Waals surface area contributed by atoms with E-state index in [-0.39, 0.29) is 11.9 Å². The standard InChI is InChI=1S/C15H15N5OS/c1-11(12-5-3-2-4-6-12)20(9-14-16-7-8-17-14)15(21)13-10-22-19-18-13/h2-8,10-11H,9H2,1H3,(H,16,17). The van der Waals surface area contributed by atoms with Gasteiger partial charge in [-0.3, -0.25) is 4.79 Å². The molecule has 3 rings (SSSR count). The normalized spacial score (nSPS) is 12.0. The lowest BCUT2D eigenvalue weighted by Crippen LogP contribution is -2.33. The second kappa shape index (κ2) is 6.48. The van der Waals surface area contributed by atoms with E-state index in [0.717, 1.165) is 11.4 Å². The third-order valence-electron chi connectivity index (χ3n) is 3.46. The van der Waals surface area contributed by atoms with Crippen molar-refractivity contribution in [1.82, 2.24) is 24.5 Å². The van der Waals surface area contributed by atoms with E-state index in [9.17, 15) is 4.79 Å². The van der Waals surface area contributed by atoms with Gasteiger partial charge in [-0.15, -0.1) is 5.10 Å². The van der Waals surface area contributed by atoms with E-state index in [1.807, 2.05) is 37.3 Å². The summed E-state index contributed by atoms with van der Waals surface area (Å²) in [5.74, 6) is 0.584. The van der Waals surface area contributed by atoms with E-state index in [0.29, 0.717) is 12.2 Å². The van der Waals surface area contributed by atoms with Gasteiger partial charge in [0, 0.05) is 17.8 Å². The molecule has 0 radical (unpaired) electrons. The first kappa shape index (κ1) is 14.4. The Balaban J connectivity index is 1.90. The SMILES string of the molecule is CC(c1ccccc1)N(Cc1ncc[nH]1)C(=O)c1csnn1. The Morgan fingerprint density at radius 2 is 2.18 bits per heavy atom. The van der Waals surface area contributed by atoms with Crippen LogP contribution in [0.2, 0.25) is 0 Å². The molecule has 1 amide bonds. The van der Waals surface area contributed by atoms with Crippen LogP contribution in [0.15, 0.2) is 48.1 Å². The van der Waals surface area contributed by atoms with Crippen LogP contribution in [0.5, 0.6) is 0 Å². The number of hydrogen-bond donors (Lipinski definition) is 1. The number of aromatic amines is 1. The molecule has 1 unspecified atom stereocenters. The topological polar surface area (TPSA) is 74.8 Å². The molecule has 6 nitrogen and oxygen atoms in total. The number of H-pyrrole nitrogens is 1. The highest BCUT2D eigenvalue weighted by Gasteiger charge is 2.25. The lowest BCUT2D eigenvalue weighted by molar-refractivity contribution is 0.0663. The Bertz CT molecular complexity index is 712. The smallest absolute Gasteiger partial charge is 0.276 e. The van der Waals surface area contributed by atoms with Crippen molar-refractivity contribution in [3.63, 3.8) is 0 Å². The molecule has 1 atom stereocenters. The van der Waals surface area contributed by atoms with E-state index in [2.05, 4.69) is 19.6 Å². The van der Waals surface area contributed by atoms with Crippen molar-refractivity contribution in [1.29, 1.82) is 0 Å². The van der Waals surface area contributed by atoms with Crippen LogP contribution in [0.3, 0.4) is 0 Å². The number of aromatic nitrogens is 4. The van der Waals surface area contributed by atoms with Crippen LogP contribution in [-0.4, -0.2) is 30.4 Å². The zero-order valence-electron chi connectivity index (χ0n) is 12.0. The molecule has 2 aromatic heterocycles. The van der Waals surface area contributed by atoms with E-state index >= 15 is 0 Å². The van der Waals surface area contributed by atoms with Gasteiger partial charge in [0.2, 0.25) is 0 Å². The fourth-order valence-electron chi connectivity index (χ4n) is 2.25. The molecule has 0 aliphatic heterocycles. The van der Waals surface area contributed by atoms with Crippen molar-refractivity contribution in [2.45, 2.75) is 19.5 Å². The number of hydrogen-bond acceptors (Lipinski definition) is 5. The molecule has 2 heterocycles. The number of amides is 1. The Hall–Kier alpha value is -2.54. The molecule has 0 fully saturated rings. The molecule has 0 saturated carbocycles. The minimum absolute atomic E-state index is 0.0968. The van der Waals surface area contributed by atoms with Crippen molar-refractivity contribution in [2.24, 2.45) is 0 Å². The van der Waals surface area contributed by atoms with Gasteiger partial charge in [-0.25, -0.2) is 4.98 Å². The van der Waals surface area contributed by atoms with E-state index in [1.54, 1.807) is 22.7 Å². The van der Waals surface area contributed by atoms with Gasteiger partial charge in [0.1, 0.15) is 5.82 Å². The van der Waals surface area contributed by atoms with Crippen LogP contribution in [0.4, 0.5) is 0 Å². The molecule has 0 aliphatic rings. The van der Waals surface area contributed by atoms with Gasteiger partial charge in [0.15, 0.2) is 5.69 Å². The van der Waals surface area contributed by atoms with Gasteiger partial charge < -0.3 is 9.88 Å². The molecule has 7 heteroatoms. The Kier molecular flexibility index (Phi) is 4.24. The van der Waals surface area contributed by atoms with E-state index in [1.165, 1.54) is 11.5 Å². The zero-order chi connectivity index (χ0) is 15.4. The van der Waals surface area contributed by atoms with Crippen LogP contribution in [0.25, 0.3) is 0 Å². The Morgan fingerprint density at radius 1 is 1.36 bits per heavy atom. The van der Waals surface area contributed by atoms with E-state index in [4.69, 9.17) is 0 Å². The fraction of sp³-hybridized carbons (Fsp3) is 0.200. The first-order valence-electron chi connectivity index (χ1n) is 6.87. The van der Waals surface area contributed by atoms with Crippen LogP contribution in [0.1, 0.15) is 34.8 Å². The summed E-state index contributed by atoms with van der Waals surface area (Å²) in [6, 6.07) is 9.80. The van der Waals surface area contributed by atoms with Crippen LogP contribution >= 0.6 is 11.5 Å². The summed E-state index contributed by atoms with van der Waals surface area (Å²) in [4.78, 5) is 21.7. The average molecular weight is 313 g/mol. The van der Waals surface area contributed by atoms with Crippen molar-refractivity contribution in [3.8, 4) is 0 Å². The summed E-state index contributed by atoms with van der Waals surface area (Å²) in [5, 5.41) is 5.55. The summed E-state index contributed by atoms with van der Waals surface area (Å²) in [6.07, 6.45) is 3.42. The summed E-state index contributed by atoms with van der Waals surface area (Å²) >= 11 is 1.17. The molecule has 0 bridgehead atoms. The highest BCUT2D eigenvalue weighted by atomic mass is 32.1. The second-order valence-corrected chi connectivity index (χ2v) is 5.46. The number of nitrogens with one attached hydrogen (secondary N) is 1. The number of benzene rings is 1. The first-order valence-corrected chi connectivity index (χ1v) is 7.70. The Labute approximate surface area is 132 Å². The molecule has 112 valence electrons. The van der Waals surface area contributed by atoms with Gasteiger partial charge in [-0.1, -0.05) is 34.8 Å². The Morgan fingerprint density at radius 3 is 2.82 bits per heavy atom. The predicted molar refractivity (Wildman–Crippen MR) is 83.2 cm³/mol. The fourth-order valence-corrected chi connectivity index (χ4v) is 2.68. The number of carbonyl (C=O) groups is 1.